The summed E-state index contributed by atoms with van der Waals surface area (Å²) in [5.41, 5.74) is 7.58. The van der Waals surface area contributed by atoms with Crippen molar-refractivity contribution >= 4 is 24.2 Å². The summed E-state index contributed by atoms with van der Waals surface area (Å²) in [6.07, 6.45) is 0.417. The van der Waals surface area contributed by atoms with E-state index < -0.39 is 12.1 Å². The third-order valence-electron chi connectivity index (χ3n) is 3.64. The molecule has 2 amide bonds. The maximum Gasteiger partial charge on any atom is 0.243 e. The van der Waals surface area contributed by atoms with Crippen molar-refractivity contribution in [2.24, 2.45) is 5.73 Å². The summed E-state index contributed by atoms with van der Waals surface area (Å²) < 4.78 is 0. The smallest absolute Gasteiger partial charge is 0.243 e. The van der Waals surface area contributed by atoms with Gasteiger partial charge in [-0.3, -0.25) is 9.59 Å². The highest BCUT2D eigenvalue weighted by Gasteiger charge is 2.22. The van der Waals surface area contributed by atoms with Crippen molar-refractivity contribution in [3.63, 3.8) is 0 Å². The number of benzene rings is 2. The number of halogens is 1. The molecule has 0 bridgehead atoms. The van der Waals surface area contributed by atoms with Crippen molar-refractivity contribution in [3.8, 4) is 0 Å². The van der Waals surface area contributed by atoms with Gasteiger partial charge in [0.1, 0.15) is 6.04 Å². The second kappa shape index (κ2) is 10.5. The predicted octanol–water partition coefficient (Wildman–Crippen LogP) is 1.80. The summed E-state index contributed by atoms with van der Waals surface area (Å²) in [5, 5.41) is 5.59. The van der Waals surface area contributed by atoms with Crippen molar-refractivity contribution in [1.29, 1.82) is 0 Å². The first kappa shape index (κ1) is 20.7. The molecule has 2 aromatic carbocycles. The van der Waals surface area contributed by atoms with Crippen LogP contribution in [-0.2, 0) is 22.6 Å². The zero-order chi connectivity index (χ0) is 17.4. The molecule has 0 fully saturated rings. The van der Waals surface area contributed by atoms with Crippen molar-refractivity contribution in [1.82, 2.24) is 10.6 Å². The van der Waals surface area contributed by atoms with Gasteiger partial charge in [-0.05, 0) is 18.1 Å². The highest BCUT2D eigenvalue weighted by molar-refractivity contribution is 5.89. The Hall–Kier alpha value is -2.37. The minimum absolute atomic E-state index is 0. The number of carbonyl (C=O) groups is 2. The van der Waals surface area contributed by atoms with Crippen LogP contribution in [0.2, 0.25) is 0 Å². The van der Waals surface area contributed by atoms with Crippen LogP contribution in [0.25, 0.3) is 0 Å². The zero-order valence-electron chi connectivity index (χ0n) is 14.1. The first-order valence-electron chi connectivity index (χ1n) is 7.98. The summed E-state index contributed by atoms with van der Waals surface area (Å²) in [7, 11) is 0. The minimum atomic E-state index is -0.662. The van der Waals surface area contributed by atoms with E-state index in [4.69, 9.17) is 5.73 Å². The molecule has 0 heterocycles. The molecular weight excluding hydrogens is 338 g/mol. The Bertz CT molecular complexity index is 663. The maximum atomic E-state index is 12.5. The third-order valence-corrected chi connectivity index (χ3v) is 3.64. The lowest BCUT2D eigenvalue weighted by Crippen LogP contribution is -2.51. The molecule has 6 heteroatoms. The zero-order valence-corrected chi connectivity index (χ0v) is 15.0. The van der Waals surface area contributed by atoms with Gasteiger partial charge in [0.05, 0.1) is 6.04 Å². The molecule has 0 saturated carbocycles. The van der Waals surface area contributed by atoms with Gasteiger partial charge in [-0.2, -0.15) is 0 Å². The molecule has 4 N–H and O–H groups in total. The Balaban J connectivity index is 0.00000312. The van der Waals surface area contributed by atoms with E-state index in [0.29, 0.717) is 13.0 Å². The van der Waals surface area contributed by atoms with Gasteiger partial charge in [-0.25, -0.2) is 0 Å². The van der Waals surface area contributed by atoms with Crippen LogP contribution >= 0.6 is 12.4 Å². The lowest BCUT2D eigenvalue weighted by Gasteiger charge is -2.20. The summed E-state index contributed by atoms with van der Waals surface area (Å²) in [5.74, 6) is -0.567. The summed E-state index contributed by atoms with van der Waals surface area (Å²) in [6.45, 7) is 2.01. The monoisotopic (exact) mass is 361 g/mol. The van der Waals surface area contributed by atoms with Crippen LogP contribution < -0.4 is 16.4 Å². The van der Waals surface area contributed by atoms with Crippen molar-refractivity contribution in [3.05, 3.63) is 71.8 Å². The normalized spacial score (nSPS) is 12.4. The largest absolute Gasteiger partial charge is 0.350 e. The van der Waals surface area contributed by atoms with Gasteiger partial charge in [0.2, 0.25) is 11.8 Å². The van der Waals surface area contributed by atoms with Gasteiger partial charge in [0.15, 0.2) is 0 Å². The molecule has 0 aliphatic carbocycles. The Morgan fingerprint density at radius 2 is 1.44 bits per heavy atom. The lowest BCUT2D eigenvalue weighted by atomic mass is 10.0. The Morgan fingerprint density at radius 3 is 1.96 bits per heavy atom. The van der Waals surface area contributed by atoms with Crippen LogP contribution in [0.15, 0.2) is 60.7 Å². The highest BCUT2D eigenvalue weighted by atomic mass is 35.5. The first-order valence-corrected chi connectivity index (χ1v) is 7.98. The molecule has 5 nitrogen and oxygen atoms in total. The summed E-state index contributed by atoms with van der Waals surface area (Å²) >= 11 is 0. The number of nitrogens with two attached hydrogens (primary N) is 1. The second-order valence-electron chi connectivity index (χ2n) is 5.74. The lowest BCUT2D eigenvalue weighted by molar-refractivity contribution is -0.129. The molecule has 2 aromatic rings. The average molecular weight is 362 g/mol. The molecule has 25 heavy (non-hydrogen) atoms. The van der Waals surface area contributed by atoms with E-state index in [1.807, 2.05) is 60.7 Å². The fourth-order valence-corrected chi connectivity index (χ4v) is 2.27. The fraction of sp³-hybridized carbons (Fsp3) is 0.263. The van der Waals surface area contributed by atoms with Crippen LogP contribution in [0.1, 0.15) is 18.1 Å². The number of nitrogens with one attached hydrogen (secondary N) is 2. The SMILES string of the molecule is C[C@@H](N)C(=O)NC(Cc1ccccc1)C(=O)NCc1ccccc1.Cl. The van der Waals surface area contributed by atoms with Gasteiger partial charge < -0.3 is 16.4 Å². The number of hydrogen-bond donors (Lipinski definition) is 3. The molecule has 0 aliphatic heterocycles. The molecular formula is C19H24ClN3O2. The van der Waals surface area contributed by atoms with Crippen molar-refractivity contribution in [2.45, 2.75) is 32.0 Å². The Kier molecular flexibility index (Phi) is 8.67. The summed E-state index contributed by atoms with van der Waals surface area (Å²) in [4.78, 5) is 24.4. The molecule has 2 rings (SSSR count). The highest BCUT2D eigenvalue weighted by Crippen LogP contribution is 2.05. The maximum absolute atomic E-state index is 12.5. The van der Waals surface area contributed by atoms with Gasteiger partial charge in [-0.15, -0.1) is 12.4 Å². The number of hydrogen-bond acceptors (Lipinski definition) is 3. The third kappa shape index (κ3) is 6.95. The van der Waals surface area contributed by atoms with Gasteiger partial charge in [0, 0.05) is 13.0 Å². The van der Waals surface area contributed by atoms with E-state index in [2.05, 4.69) is 10.6 Å². The number of amides is 2. The van der Waals surface area contributed by atoms with Gasteiger partial charge in [-0.1, -0.05) is 60.7 Å². The summed E-state index contributed by atoms with van der Waals surface area (Å²) in [6, 6.07) is 17.9. The van der Waals surface area contributed by atoms with Crippen LogP contribution in [0, 0.1) is 0 Å². The molecule has 134 valence electrons. The van der Waals surface area contributed by atoms with E-state index >= 15 is 0 Å². The van der Waals surface area contributed by atoms with Gasteiger partial charge in [0.25, 0.3) is 0 Å². The Labute approximate surface area is 154 Å². The van der Waals surface area contributed by atoms with E-state index in [-0.39, 0.29) is 24.2 Å². The van der Waals surface area contributed by atoms with E-state index in [9.17, 15) is 9.59 Å². The topological polar surface area (TPSA) is 84.2 Å². The van der Waals surface area contributed by atoms with Gasteiger partial charge >= 0.3 is 0 Å². The molecule has 0 aliphatic rings. The quantitative estimate of drug-likeness (QED) is 0.703. The first-order chi connectivity index (χ1) is 11.6. The molecule has 0 spiro atoms. The van der Waals surface area contributed by atoms with Crippen LogP contribution in [-0.4, -0.2) is 23.9 Å². The van der Waals surface area contributed by atoms with Crippen LogP contribution in [0.5, 0.6) is 0 Å². The molecule has 0 aromatic heterocycles. The second-order valence-corrected chi connectivity index (χ2v) is 5.74. The predicted molar refractivity (Wildman–Crippen MR) is 101 cm³/mol. The molecule has 0 saturated heterocycles. The standard InChI is InChI=1S/C19H23N3O2.ClH/c1-14(20)18(23)22-17(12-15-8-4-2-5-9-15)19(24)21-13-16-10-6-3-7-11-16;/h2-11,14,17H,12-13,20H2,1H3,(H,21,24)(H,22,23);1H/t14-,17?;/m1./s1. The Morgan fingerprint density at radius 1 is 0.920 bits per heavy atom. The minimum Gasteiger partial charge on any atom is -0.350 e. The van der Waals surface area contributed by atoms with Crippen molar-refractivity contribution < 1.29 is 9.59 Å². The molecule has 1 unspecified atom stereocenters. The molecule has 0 radical (unpaired) electrons. The van der Waals surface area contributed by atoms with E-state index in [1.54, 1.807) is 6.92 Å². The number of carbonyl (C=O) groups excluding carboxylic acids is 2. The van der Waals surface area contributed by atoms with E-state index in [0.717, 1.165) is 11.1 Å². The van der Waals surface area contributed by atoms with Crippen molar-refractivity contribution in [2.75, 3.05) is 0 Å². The average Bonchev–Trinajstić information content (AvgIpc) is 2.60. The van der Waals surface area contributed by atoms with E-state index in [1.165, 1.54) is 0 Å². The molecule has 2 atom stereocenters. The number of rotatable bonds is 7. The van der Waals surface area contributed by atoms with Crippen LogP contribution in [0.4, 0.5) is 0 Å². The fourth-order valence-electron chi connectivity index (χ4n) is 2.27. The van der Waals surface area contributed by atoms with Crippen LogP contribution in [0.3, 0.4) is 0 Å².